The van der Waals surface area contributed by atoms with Gasteiger partial charge in [0.15, 0.2) is 5.56 Å². The molecule has 0 aliphatic heterocycles. The van der Waals surface area contributed by atoms with E-state index in [9.17, 15) is 9.59 Å². The number of pyridine rings is 2. The molecule has 0 bridgehead atoms. The Labute approximate surface area is 224 Å². The summed E-state index contributed by atoms with van der Waals surface area (Å²) in [5.74, 6) is 0.274. The third-order valence-electron chi connectivity index (χ3n) is 7.28. The Kier molecular flexibility index (Phi) is 7.95. The molecule has 7 nitrogen and oxygen atoms in total. The van der Waals surface area contributed by atoms with E-state index in [4.69, 9.17) is 19.2 Å². The van der Waals surface area contributed by atoms with Gasteiger partial charge in [0.2, 0.25) is 0 Å². The van der Waals surface area contributed by atoms with Gasteiger partial charge in [-0.3, -0.25) is 4.79 Å². The number of ether oxygens (including phenoxy) is 3. The van der Waals surface area contributed by atoms with Crippen LogP contribution in [0.1, 0.15) is 79.2 Å². The van der Waals surface area contributed by atoms with Crippen LogP contribution >= 0.6 is 0 Å². The van der Waals surface area contributed by atoms with Crippen LogP contribution in [0.15, 0.2) is 41.2 Å². The standard InChI is InChI=1S/C31H38N2O5/c1-8-9-15-38-23-17-21-16-22(31(3,4)5)24-27(26(21)32-19(23)2)33(18-20-13-11-10-12-14-20)29(34)25(28(24)36-6)30(35)37-7/h10-14,17,22H,8-9,15-16,18H2,1-7H3. The van der Waals surface area contributed by atoms with E-state index < -0.39 is 11.5 Å². The number of fused-ring (bicyclic) bond motifs is 3. The Morgan fingerprint density at radius 3 is 2.47 bits per heavy atom. The molecule has 4 rings (SSSR count). The van der Waals surface area contributed by atoms with Gasteiger partial charge in [0.25, 0.3) is 5.56 Å². The normalized spacial score (nSPS) is 14.4. The van der Waals surface area contributed by atoms with Gasteiger partial charge in [-0.1, -0.05) is 64.4 Å². The number of hydrogen-bond acceptors (Lipinski definition) is 6. The van der Waals surface area contributed by atoms with Gasteiger partial charge in [-0.2, -0.15) is 0 Å². The predicted octanol–water partition coefficient (Wildman–Crippen LogP) is 5.93. The first kappa shape index (κ1) is 27.4. The number of hydrogen-bond donors (Lipinski definition) is 0. The van der Waals surface area contributed by atoms with E-state index in [-0.39, 0.29) is 29.2 Å². The van der Waals surface area contributed by atoms with Crippen LogP contribution in [-0.2, 0) is 17.7 Å². The van der Waals surface area contributed by atoms with Crippen molar-refractivity contribution < 1.29 is 19.0 Å². The number of rotatable bonds is 8. The first-order chi connectivity index (χ1) is 18.1. The number of nitrogens with zero attached hydrogens (tertiary/aromatic N) is 2. The van der Waals surface area contributed by atoms with E-state index in [2.05, 4.69) is 33.8 Å². The maximum absolute atomic E-state index is 14.0. The van der Waals surface area contributed by atoms with Crippen molar-refractivity contribution >= 4 is 5.97 Å². The molecule has 38 heavy (non-hydrogen) atoms. The molecule has 1 aliphatic carbocycles. The molecule has 0 fully saturated rings. The Bertz CT molecular complexity index is 1390. The monoisotopic (exact) mass is 518 g/mol. The molecule has 202 valence electrons. The molecule has 0 N–H and O–H groups in total. The van der Waals surface area contributed by atoms with Gasteiger partial charge in [0.1, 0.15) is 11.5 Å². The number of aromatic nitrogens is 2. The summed E-state index contributed by atoms with van der Waals surface area (Å²) in [5.41, 5.74) is 4.19. The van der Waals surface area contributed by atoms with Gasteiger partial charge in [0, 0.05) is 5.56 Å². The summed E-state index contributed by atoms with van der Waals surface area (Å²) in [6, 6.07) is 11.8. The first-order valence-electron chi connectivity index (χ1n) is 13.2. The Balaban J connectivity index is 2.09. The zero-order valence-electron chi connectivity index (χ0n) is 23.5. The molecule has 0 saturated heterocycles. The third-order valence-corrected chi connectivity index (χ3v) is 7.28. The maximum Gasteiger partial charge on any atom is 0.347 e. The van der Waals surface area contributed by atoms with Crippen LogP contribution in [0.2, 0.25) is 0 Å². The van der Waals surface area contributed by atoms with Crippen molar-refractivity contribution in [1.29, 1.82) is 0 Å². The largest absolute Gasteiger partial charge is 0.495 e. The highest BCUT2D eigenvalue weighted by molar-refractivity contribution is 5.94. The fourth-order valence-corrected chi connectivity index (χ4v) is 5.23. The van der Waals surface area contributed by atoms with E-state index in [1.54, 1.807) is 4.57 Å². The van der Waals surface area contributed by atoms with Crippen molar-refractivity contribution in [3.8, 4) is 22.9 Å². The summed E-state index contributed by atoms with van der Waals surface area (Å²) < 4.78 is 18.7. The topological polar surface area (TPSA) is 79.7 Å². The molecule has 0 amide bonds. The lowest BCUT2D eigenvalue weighted by Gasteiger charge is -2.38. The second-order valence-corrected chi connectivity index (χ2v) is 10.9. The minimum atomic E-state index is -0.710. The average molecular weight is 519 g/mol. The van der Waals surface area contributed by atoms with Gasteiger partial charge in [0.05, 0.1) is 44.5 Å². The van der Waals surface area contributed by atoms with E-state index in [0.29, 0.717) is 18.7 Å². The Hall–Kier alpha value is -3.61. The molecular weight excluding hydrogens is 480 g/mol. The summed E-state index contributed by atoms with van der Waals surface area (Å²) in [6.45, 7) is 11.5. The van der Waals surface area contributed by atoms with E-state index in [1.165, 1.54) is 14.2 Å². The zero-order chi connectivity index (χ0) is 27.6. The van der Waals surface area contributed by atoms with Crippen molar-refractivity contribution in [1.82, 2.24) is 9.55 Å². The highest BCUT2D eigenvalue weighted by Crippen LogP contribution is 2.51. The number of aryl methyl sites for hydroxylation is 1. The summed E-state index contributed by atoms with van der Waals surface area (Å²) in [7, 11) is 2.78. The molecular formula is C31H38N2O5. The van der Waals surface area contributed by atoms with Crippen LogP contribution in [0, 0.1) is 12.3 Å². The molecule has 0 saturated carbocycles. The summed E-state index contributed by atoms with van der Waals surface area (Å²) in [4.78, 5) is 32.0. The SMILES string of the molecule is CCCCOc1cc2c(nc1C)-c1c(c(OC)c(C(=O)OC)c(=O)n1Cc1ccccc1)C(C(C)(C)C)C2. The van der Waals surface area contributed by atoms with Crippen LogP contribution in [-0.4, -0.2) is 36.3 Å². The number of methoxy groups -OCH3 is 2. The van der Waals surface area contributed by atoms with Crippen LogP contribution in [0.3, 0.4) is 0 Å². The first-order valence-corrected chi connectivity index (χ1v) is 13.2. The van der Waals surface area contributed by atoms with Crippen LogP contribution in [0.4, 0.5) is 0 Å². The molecule has 2 aromatic heterocycles. The Morgan fingerprint density at radius 2 is 1.87 bits per heavy atom. The van der Waals surface area contributed by atoms with Gasteiger partial charge < -0.3 is 18.8 Å². The summed E-state index contributed by atoms with van der Waals surface area (Å²) in [6.07, 6.45) is 2.68. The van der Waals surface area contributed by atoms with Crippen molar-refractivity contribution in [2.24, 2.45) is 5.41 Å². The molecule has 1 aromatic carbocycles. The zero-order valence-corrected chi connectivity index (χ0v) is 23.5. The summed E-state index contributed by atoms with van der Waals surface area (Å²) >= 11 is 0. The summed E-state index contributed by atoms with van der Waals surface area (Å²) in [5, 5.41) is 0. The van der Waals surface area contributed by atoms with Gasteiger partial charge in [-0.05, 0) is 48.3 Å². The lowest BCUT2D eigenvalue weighted by molar-refractivity contribution is 0.0593. The lowest BCUT2D eigenvalue weighted by atomic mass is 9.69. The minimum absolute atomic E-state index is 0.0565. The second kappa shape index (κ2) is 11.0. The van der Waals surface area contributed by atoms with E-state index in [0.717, 1.165) is 46.7 Å². The molecule has 0 spiro atoms. The average Bonchev–Trinajstić information content (AvgIpc) is 2.89. The van der Waals surface area contributed by atoms with Crippen molar-refractivity contribution in [2.45, 2.75) is 66.3 Å². The molecule has 1 unspecified atom stereocenters. The molecule has 3 aromatic rings. The van der Waals surface area contributed by atoms with Crippen LogP contribution in [0.5, 0.6) is 11.5 Å². The molecule has 2 heterocycles. The van der Waals surface area contributed by atoms with Gasteiger partial charge >= 0.3 is 5.97 Å². The number of carbonyl (C=O) groups is 1. The van der Waals surface area contributed by atoms with Crippen molar-refractivity contribution in [3.05, 3.63) is 74.7 Å². The smallest absolute Gasteiger partial charge is 0.347 e. The van der Waals surface area contributed by atoms with Crippen LogP contribution < -0.4 is 15.0 Å². The molecule has 7 heteroatoms. The van der Waals surface area contributed by atoms with Gasteiger partial charge in [-0.25, -0.2) is 9.78 Å². The van der Waals surface area contributed by atoms with Gasteiger partial charge in [-0.15, -0.1) is 0 Å². The highest BCUT2D eigenvalue weighted by Gasteiger charge is 2.41. The number of esters is 1. The molecule has 1 atom stereocenters. The minimum Gasteiger partial charge on any atom is -0.495 e. The molecule has 0 radical (unpaired) electrons. The second-order valence-electron chi connectivity index (χ2n) is 10.9. The van der Waals surface area contributed by atoms with E-state index >= 15 is 0 Å². The van der Waals surface area contributed by atoms with E-state index in [1.807, 2.05) is 37.3 Å². The van der Waals surface area contributed by atoms with Crippen LogP contribution in [0.25, 0.3) is 11.4 Å². The number of unbranched alkanes of at least 4 members (excludes halogenated alkanes) is 1. The fourth-order valence-electron chi connectivity index (χ4n) is 5.23. The van der Waals surface area contributed by atoms with Crippen molar-refractivity contribution in [2.75, 3.05) is 20.8 Å². The predicted molar refractivity (Wildman–Crippen MR) is 148 cm³/mol. The number of benzene rings is 1. The quantitative estimate of drug-likeness (QED) is 0.272. The van der Waals surface area contributed by atoms with Crippen molar-refractivity contribution in [3.63, 3.8) is 0 Å². The lowest BCUT2D eigenvalue weighted by Crippen LogP contribution is -2.35. The number of carbonyl (C=O) groups excluding carboxylic acids is 1. The molecule has 1 aliphatic rings. The fraction of sp³-hybridized carbons (Fsp3) is 0.452. The Morgan fingerprint density at radius 1 is 1.16 bits per heavy atom. The third kappa shape index (κ3) is 5.06. The highest BCUT2D eigenvalue weighted by atomic mass is 16.5. The maximum atomic E-state index is 14.0.